The van der Waals surface area contributed by atoms with E-state index in [9.17, 15) is 8.42 Å². The van der Waals surface area contributed by atoms with E-state index >= 15 is 0 Å². The van der Waals surface area contributed by atoms with Gasteiger partial charge in [0.1, 0.15) is 4.36 Å². The van der Waals surface area contributed by atoms with Gasteiger partial charge in [0, 0.05) is 4.47 Å². The molecule has 0 radical (unpaired) electrons. The molecular formula is C14H10BrClO2S. The van der Waals surface area contributed by atoms with Crippen molar-refractivity contribution in [3.8, 4) is 0 Å². The van der Waals surface area contributed by atoms with E-state index in [1.165, 1.54) is 18.2 Å². The second kappa shape index (κ2) is 5.90. The SMILES string of the molecule is O=S(=O)(/C(Cl)=C/c1ccccc1)c1ccc(Br)cc1. The maximum absolute atomic E-state index is 12.2. The molecular weight excluding hydrogens is 348 g/mol. The highest BCUT2D eigenvalue weighted by molar-refractivity contribution is 9.10. The van der Waals surface area contributed by atoms with Crippen LogP contribution < -0.4 is 0 Å². The fourth-order valence-corrected chi connectivity index (χ4v) is 3.15. The van der Waals surface area contributed by atoms with Crippen molar-refractivity contribution in [2.45, 2.75) is 4.90 Å². The predicted molar refractivity (Wildman–Crippen MR) is 81.6 cm³/mol. The van der Waals surface area contributed by atoms with Crippen LogP contribution in [0.1, 0.15) is 5.56 Å². The molecule has 0 amide bonds. The van der Waals surface area contributed by atoms with E-state index in [0.29, 0.717) is 0 Å². The summed E-state index contributed by atoms with van der Waals surface area (Å²) in [5, 5.41) is 0. The minimum atomic E-state index is -3.65. The number of benzene rings is 2. The molecule has 0 atom stereocenters. The zero-order valence-corrected chi connectivity index (χ0v) is 12.9. The first-order valence-corrected chi connectivity index (χ1v) is 8.08. The topological polar surface area (TPSA) is 34.1 Å². The van der Waals surface area contributed by atoms with Gasteiger partial charge in [-0.2, -0.15) is 0 Å². The Balaban J connectivity index is 2.40. The Kier molecular flexibility index (Phi) is 4.45. The molecule has 0 aromatic heterocycles. The van der Waals surface area contributed by atoms with E-state index in [4.69, 9.17) is 11.6 Å². The third kappa shape index (κ3) is 3.47. The lowest BCUT2D eigenvalue weighted by molar-refractivity contribution is 0.604. The standard InChI is InChI=1S/C14H10BrClO2S/c15-12-6-8-13(9-7-12)19(17,18)14(16)10-11-4-2-1-3-5-11/h1-10H/b14-10+. The molecule has 0 aliphatic heterocycles. The van der Waals surface area contributed by atoms with E-state index in [2.05, 4.69) is 15.9 Å². The van der Waals surface area contributed by atoms with Gasteiger partial charge >= 0.3 is 0 Å². The molecule has 0 saturated carbocycles. The number of rotatable bonds is 3. The summed E-state index contributed by atoms with van der Waals surface area (Å²) in [5.41, 5.74) is 0.744. The van der Waals surface area contributed by atoms with Crippen LogP contribution in [0.15, 0.2) is 68.3 Å². The lowest BCUT2D eigenvalue weighted by atomic mass is 10.2. The molecule has 2 rings (SSSR count). The maximum Gasteiger partial charge on any atom is 0.217 e. The Hall–Kier alpha value is -1.10. The first kappa shape index (κ1) is 14.3. The Morgan fingerprint density at radius 3 is 2.16 bits per heavy atom. The van der Waals surface area contributed by atoms with Gasteiger partial charge in [0.05, 0.1) is 4.90 Å². The van der Waals surface area contributed by atoms with Gasteiger partial charge in [-0.3, -0.25) is 0 Å². The Morgan fingerprint density at radius 2 is 1.58 bits per heavy atom. The highest BCUT2D eigenvalue weighted by atomic mass is 79.9. The van der Waals surface area contributed by atoms with Crippen molar-refractivity contribution in [1.29, 1.82) is 0 Å². The van der Waals surface area contributed by atoms with Gasteiger partial charge in [-0.25, -0.2) is 8.42 Å². The van der Waals surface area contributed by atoms with Gasteiger partial charge in [-0.1, -0.05) is 57.9 Å². The third-order valence-corrected chi connectivity index (χ3v) is 5.23. The Morgan fingerprint density at radius 1 is 1.00 bits per heavy atom. The number of hydrogen-bond acceptors (Lipinski definition) is 2. The first-order valence-electron chi connectivity index (χ1n) is 5.43. The maximum atomic E-state index is 12.2. The molecule has 5 heteroatoms. The van der Waals surface area contributed by atoms with Crippen molar-refractivity contribution in [2.24, 2.45) is 0 Å². The normalized spacial score (nSPS) is 12.4. The van der Waals surface area contributed by atoms with Crippen molar-refractivity contribution in [1.82, 2.24) is 0 Å². The van der Waals surface area contributed by atoms with Crippen LogP contribution in [0.4, 0.5) is 0 Å². The van der Waals surface area contributed by atoms with Crippen LogP contribution in [-0.2, 0) is 9.84 Å². The fraction of sp³-hybridized carbons (Fsp3) is 0. The monoisotopic (exact) mass is 356 g/mol. The number of halogens is 2. The molecule has 0 saturated heterocycles. The first-order chi connectivity index (χ1) is 9.00. The smallest absolute Gasteiger partial charge is 0.217 e. The molecule has 0 unspecified atom stereocenters. The summed E-state index contributed by atoms with van der Waals surface area (Å²) in [6.45, 7) is 0. The van der Waals surface area contributed by atoms with Crippen LogP contribution in [0.3, 0.4) is 0 Å². The summed E-state index contributed by atoms with van der Waals surface area (Å²) >= 11 is 9.20. The predicted octanol–water partition coefficient (Wildman–Crippen LogP) is 4.46. The Labute approximate surface area is 125 Å². The van der Waals surface area contributed by atoms with Crippen LogP contribution in [0, 0.1) is 0 Å². The van der Waals surface area contributed by atoms with E-state index in [1.807, 2.05) is 18.2 Å². The van der Waals surface area contributed by atoms with Gasteiger partial charge in [-0.15, -0.1) is 0 Å². The minimum absolute atomic E-state index is 0.174. The summed E-state index contributed by atoms with van der Waals surface area (Å²) in [6, 6.07) is 15.4. The zero-order chi connectivity index (χ0) is 13.9. The summed E-state index contributed by atoms with van der Waals surface area (Å²) in [4.78, 5) is 0.174. The largest absolute Gasteiger partial charge is 0.218 e. The fourth-order valence-electron chi connectivity index (χ4n) is 1.48. The van der Waals surface area contributed by atoms with Crippen molar-refractivity contribution >= 4 is 43.4 Å². The average Bonchev–Trinajstić information content (AvgIpc) is 2.40. The molecule has 0 bridgehead atoms. The lowest BCUT2D eigenvalue weighted by Crippen LogP contribution is -2.00. The molecule has 0 fully saturated rings. The van der Waals surface area contributed by atoms with E-state index < -0.39 is 9.84 Å². The van der Waals surface area contributed by atoms with E-state index in [1.54, 1.807) is 24.3 Å². The van der Waals surface area contributed by atoms with Gasteiger partial charge in [0.25, 0.3) is 0 Å². The summed E-state index contributed by atoms with van der Waals surface area (Å²) in [5.74, 6) is 0. The van der Waals surface area contributed by atoms with Crippen LogP contribution in [-0.4, -0.2) is 8.42 Å². The molecule has 0 spiro atoms. The molecule has 98 valence electrons. The summed E-state index contributed by atoms with van der Waals surface area (Å²) in [7, 11) is -3.65. The molecule has 2 nitrogen and oxygen atoms in total. The molecule has 19 heavy (non-hydrogen) atoms. The van der Waals surface area contributed by atoms with Gasteiger partial charge in [-0.05, 0) is 35.9 Å². The summed E-state index contributed by atoms with van der Waals surface area (Å²) < 4.78 is 25.1. The van der Waals surface area contributed by atoms with Gasteiger partial charge in [0.15, 0.2) is 0 Å². The summed E-state index contributed by atoms with van der Waals surface area (Å²) in [6.07, 6.45) is 1.44. The van der Waals surface area contributed by atoms with E-state index in [-0.39, 0.29) is 9.26 Å². The molecule has 2 aromatic carbocycles. The second-order valence-corrected chi connectivity index (χ2v) is 7.28. The molecule has 0 heterocycles. The van der Waals surface area contributed by atoms with Crippen LogP contribution >= 0.6 is 27.5 Å². The molecule has 0 aliphatic rings. The lowest BCUT2D eigenvalue weighted by Gasteiger charge is -2.03. The van der Waals surface area contributed by atoms with Gasteiger partial charge in [0.2, 0.25) is 9.84 Å². The zero-order valence-electron chi connectivity index (χ0n) is 9.75. The van der Waals surface area contributed by atoms with Crippen LogP contribution in [0.5, 0.6) is 0 Å². The van der Waals surface area contributed by atoms with E-state index in [0.717, 1.165) is 10.0 Å². The highest BCUT2D eigenvalue weighted by Gasteiger charge is 2.18. The molecule has 0 N–H and O–H groups in total. The molecule has 2 aromatic rings. The Bertz CT molecular complexity index is 692. The number of sulfone groups is 1. The minimum Gasteiger partial charge on any atom is -0.218 e. The van der Waals surface area contributed by atoms with Gasteiger partial charge < -0.3 is 0 Å². The van der Waals surface area contributed by atoms with Crippen LogP contribution in [0.25, 0.3) is 6.08 Å². The van der Waals surface area contributed by atoms with Crippen LogP contribution in [0.2, 0.25) is 0 Å². The second-order valence-electron chi connectivity index (χ2n) is 3.82. The quantitative estimate of drug-likeness (QED) is 0.812. The highest BCUT2D eigenvalue weighted by Crippen LogP contribution is 2.25. The van der Waals surface area contributed by atoms with Crippen molar-refractivity contribution in [3.05, 3.63) is 69.0 Å². The molecule has 0 aliphatic carbocycles. The average molecular weight is 358 g/mol. The van der Waals surface area contributed by atoms with Crippen molar-refractivity contribution in [3.63, 3.8) is 0 Å². The number of hydrogen-bond donors (Lipinski definition) is 0. The third-order valence-electron chi connectivity index (χ3n) is 2.46. The van der Waals surface area contributed by atoms with Crippen molar-refractivity contribution < 1.29 is 8.42 Å². The van der Waals surface area contributed by atoms with Crippen molar-refractivity contribution in [2.75, 3.05) is 0 Å².